The van der Waals surface area contributed by atoms with E-state index in [9.17, 15) is 0 Å². The monoisotopic (exact) mass is 256 g/mol. The minimum atomic E-state index is 0.134. The minimum Gasteiger partial charge on any atom is -0.459 e. The highest BCUT2D eigenvalue weighted by molar-refractivity contribution is 5.77. The molecule has 2 aromatic heterocycles. The van der Waals surface area contributed by atoms with Crippen molar-refractivity contribution in [2.24, 2.45) is 7.05 Å². The van der Waals surface area contributed by atoms with Crippen LogP contribution in [0.1, 0.15) is 24.4 Å². The lowest BCUT2D eigenvalue weighted by molar-refractivity contribution is 0.449. The summed E-state index contributed by atoms with van der Waals surface area (Å²) < 4.78 is 7.52. The number of furan rings is 1. The van der Waals surface area contributed by atoms with E-state index in [0.717, 1.165) is 22.4 Å². The van der Waals surface area contributed by atoms with E-state index < -0.39 is 0 Å². The maximum atomic E-state index is 5.82. The number of nitrogens with one attached hydrogen (secondary N) is 1. The summed E-state index contributed by atoms with van der Waals surface area (Å²) in [6, 6.07) is 10.2. The van der Waals surface area contributed by atoms with Gasteiger partial charge in [0, 0.05) is 25.2 Å². The molecule has 2 heterocycles. The maximum Gasteiger partial charge on any atom is 0.134 e. The van der Waals surface area contributed by atoms with Crippen molar-refractivity contribution in [3.05, 3.63) is 48.0 Å². The van der Waals surface area contributed by atoms with Gasteiger partial charge in [0.25, 0.3) is 0 Å². The van der Waals surface area contributed by atoms with Crippen molar-refractivity contribution in [1.29, 1.82) is 0 Å². The Kier molecular flexibility index (Phi) is 3.05. The first-order valence-corrected chi connectivity index (χ1v) is 6.29. The number of hydrogen-bond acceptors (Lipinski definition) is 4. The van der Waals surface area contributed by atoms with E-state index in [-0.39, 0.29) is 6.04 Å². The first-order valence-electron chi connectivity index (χ1n) is 6.29. The number of fused-ring (bicyclic) bond motifs is 1. The van der Waals surface area contributed by atoms with Crippen molar-refractivity contribution in [2.75, 3.05) is 0 Å². The van der Waals surface area contributed by atoms with Gasteiger partial charge in [0.05, 0.1) is 11.7 Å². The fourth-order valence-electron chi connectivity index (χ4n) is 2.05. The van der Waals surface area contributed by atoms with Gasteiger partial charge in [-0.2, -0.15) is 0 Å². The van der Waals surface area contributed by atoms with Crippen LogP contribution in [0.5, 0.6) is 0 Å². The zero-order chi connectivity index (χ0) is 13.2. The third kappa shape index (κ3) is 2.51. The van der Waals surface area contributed by atoms with E-state index in [4.69, 9.17) is 4.42 Å². The van der Waals surface area contributed by atoms with Crippen molar-refractivity contribution in [2.45, 2.75) is 19.5 Å². The Labute approximate surface area is 111 Å². The molecule has 5 heteroatoms. The van der Waals surface area contributed by atoms with Crippen LogP contribution in [0.3, 0.4) is 0 Å². The molecule has 0 fully saturated rings. The lowest BCUT2D eigenvalue weighted by atomic mass is 10.2. The minimum absolute atomic E-state index is 0.134. The molecule has 1 N–H and O–H groups in total. The molecule has 98 valence electrons. The summed E-state index contributed by atoms with van der Waals surface area (Å²) in [5, 5.41) is 12.5. The van der Waals surface area contributed by atoms with Crippen LogP contribution < -0.4 is 5.32 Å². The first-order chi connectivity index (χ1) is 9.22. The molecule has 0 spiro atoms. The highest BCUT2D eigenvalue weighted by Crippen LogP contribution is 2.23. The maximum absolute atomic E-state index is 5.82. The SMILES string of the molecule is CC(NCc1cn(C)nn1)c1cc2ccccc2o1. The summed E-state index contributed by atoms with van der Waals surface area (Å²) in [6.07, 6.45) is 1.90. The van der Waals surface area contributed by atoms with E-state index in [1.807, 2.05) is 31.4 Å². The van der Waals surface area contributed by atoms with Crippen LogP contribution in [0.2, 0.25) is 0 Å². The number of aromatic nitrogens is 3. The first kappa shape index (κ1) is 11.9. The molecule has 0 aliphatic heterocycles. The molecule has 1 unspecified atom stereocenters. The lowest BCUT2D eigenvalue weighted by Gasteiger charge is -2.09. The molecule has 0 amide bonds. The third-order valence-corrected chi connectivity index (χ3v) is 3.11. The van der Waals surface area contributed by atoms with Gasteiger partial charge >= 0.3 is 0 Å². The van der Waals surface area contributed by atoms with Crippen LogP contribution in [-0.4, -0.2) is 15.0 Å². The van der Waals surface area contributed by atoms with Gasteiger partial charge in [0.1, 0.15) is 11.3 Å². The summed E-state index contributed by atoms with van der Waals surface area (Å²) in [4.78, 5) is 0. The number of nitrogens with zero attached hydrogens (tertiary/aromatic N) is 3. The zero-order valence-electron chi connectivity index (χ0n) is 11.0. The topological polar surface area (TPSA) is 55.9 Å². The smallest absolute Gasteiger partial charge is 0.134 e. The Morgan fingerprint density at radius 3 is 2.95 bits per heavy atom. The number of rotatable bonds is 4. The largest absolute Gasteiger partial charge is 0.459 e. The van der Waals surface area contributed by atoms with Crippen molar-refractivity contribution in [1.82, 2.24) is 20.3 Å². The summed E-state index contributed by atoms with van der Waals surface area (Å²) in [5.41, 5.74) is 1.84. The van der Waals surface area contributed by atoms with Crippen LogP contribution in [0, 0.1) is 0 Å². The van der Waals surface area contributed by atoms with Crippen molar-refractivity contribution in [3.8, 4) is 0 Å². The standard InChI is InChI=1S/C14H16N4O/c1-10(15-8-12-9-18(2)17-16-12)14-7-11-5-3-4-6-13(11)19-14/h3-7,9-10,15H,8H2,1-2H3. The Balaban J connectivity index is 1.71. The van der Waals surface area contributed by atoms with Gasteiger partial charge in [-0.1, -0.05) is 23.4 Å². The normalized spacial score (nSPS) is 12.9. The Hall–Kier alpha value is -2.14. The molecule has 1 atom stereocenters. The molecule has 0 aliphatic rings. The van der Waals surface area contributed by atoms with Gasteiger partial charge < -0.3 is 9.73 Å². The fraction of sp³-hybridized carbons (Fsp3) is 0.286. The molecule has 0 saturated heterocycles. The van der Waals surface area contributed by atoms with Crippen molar-refractivity contribution in [3.63, 3.8) is 0 Å². The quantitative estimate of drug-likeness (QED) is 0.778. The molecule has 5 nitrogen and oxygen atoms in total. The molecular formula is C14H16N4O. The second kappa shape index (κ2) is 4.85. The van der Waals surface area contributed by atoms with E-state index in [1.165, 1.54) is 0 Å². The Bertz CT molecular complexity index is 652. The molecule has 0 aliphatic carbocycles. The number of hydrogen-bond donors (Lipinski definition) is 1. The summed E-state index contributed by atoms with van der Waals surface area (Å²) >= 11 is 0. The Morgan fingerprint density at radius 2 is 2.21 bits per heavy atom. The Morgan fingerprint density at radius 1 is 1.37 bits per heavy atom. The molecule has 0 saturated carbocycles. The van der Waals surface area contributed by atoms with Gasteiger partial charge in [-0.25, -0.2) is 0 Å². The summed E-state index contributed by atoms with van der Waals surface area (Å²) in [5.74, 6) is 0.935. The fourth-order valence-corrected chi connectivity index (χ4v) is 2.05. The average molecular weight is 256 g/mol. The highest BCUT2D eigenvalue weighted by atomic mass is 16.3. The van der Waals surface area contributed by atoms with Gasteiger partial charge in [-0.15, -0.1) is 5.10 Å². The van der Waals surface area contributed by atoms with Crippen LogP contribution in [-0.2, 0) is 13.6 Å². The third-order valence-electron chi connectivity index (χ3n) is 3.11. The molecule has 0 radical (unpaired) electrons. The summed E-state index contributed by atoms with van der Waals surface area (Å²) in [7, 11) is 1.86. The predicted molar refractivity (Wildman–Crippen MR) is 72.5 cm³/mol. The number of aryl methyl sites for hydroxylation is 1. The van der Waals surface area contributed by atoms with E-state index in [1.54, 1.807) is 4.68 Å². The number of benzene rings is 1. The summed E-state index contributed by atoms with van der Waals surface area (Å²) in [6.45, 7) is 2.75. The van der Waals surface area contributed by atoms with Gasteiger partial charge in [0.15, 0.2) is 0 Å². The van der Waals surface area contributed by atoms with Crippen LogP contribution >= 0.6 is 0 Å². The molecule has 0 bridgehead atoms. The molecule has 3 rings (SSSR count). The lowest BCUT2D eigenvalue weighted by Crippen LogP contribution is -2.17. The van der Waals surface area contributed by atoms with Crippen molar-refractivity contribution < 1.29 is 4.42 Å². The number of para-hydroxylation sites is 1. The van der Waals surface area contributed by atoms with Crippen LogP contribution in [0.25, 0.3) is 11.0 Å². The molecular weight excluding hydrogens is 240 g/mol. The van der Waals surface area contributed by atoms with E-state index in [0.29, 0.717) is 6.54 Å². The van der Waals surface area contributed by atoms with Crippen molar-refractivity contribution >= 4 is 11.0 Å². The van der Waals surface area contributed by atoms with Gasteiger partial charge in [-0.05, 0) is 19.1 Å². The molecule has 1 aromatic carbocycles. The highest BCUT2D eigenvalue weighted by Gasteiger charge is 2.11. The van der Waals surface area contributed by atoms with Gasteiger partial charge in [0.2, 0.25) is 0 Å². The second-order valence-electron chi connectivity index (χ2n) is 4.67. The van der Waals surface area contributed by atoms with Gasteiger partial charge in [-0.3, -0.25) is 4.68 Å². The van der Waals surface area contributed by atoms with Crippen LogP contribution in [0.15, 0.2) is 40.9 Å². The van der Waals surface area contributed by atoms with E-state index >= 15 is 0 Å². The zero-order valence-corrected chi connectivity index (χ0v) is 11.0. The molecule has 3 aromatic rings. The molecule has 19 heavy (non-hydrogen) atoms. The van der Waals surface area contributed by atoms with E-state index in [2.05, 4.69) is 34.7 Å². The van der Waals surface area contributed by atoms with Crippen LogP contribution in [0.4, 0.5) is 0 Å². The average Bonchev–Trinajstić information content (AvgIpc) is 3.01. The second-order valence-corrected chi connectivity index (χ2v) is 4.67. The predicted octanol–water partition coefficient (Wildman–Crippen LogP) is 2.41.